The average molecular weight is 444 g/mol. The summed E-state index contributed by atoms with van der Waals surface area (Å²) < 4.78 is 47.0. The van der Waals surface area contributed by atoms with Crippen LogP contribution in [0.5, 0.6) is 0 Å². The van der Waals surface area contributed by atoms with E-state index in [0.717, 1.165) is 6.07 Å². The Bertz CT molecular complexity index is 1260. The zero-order chi connectivity index (χ0) is 22.2. The number of carbonyl (C=O) groups excluding carboxylic acids is 1. The van der Waals surface area contributed by atoms with Gasteiger partial charge in [-0.05, 0) is 42.8 Å². The molecule has 0 radical (unpaired) electrons. The molecule has 2 heterocycles. The molecule has 1 aromatic heterocycles. The van der Waals surface area contributed by atoms with Crippen LogP contribution in [0.15, 0.2) is 53.4 Å². The number of hydrogen-bond acceptors (Lipinski definition) is 5. The van der Waals surface area contributed by atoms with Crippen LogP contribution in [0.2, 0.25) is 0 Å². The van der Waals surface area contributed by atoms with Crippen molar-refractivity contribution in [2.24, 2.45) is 0 Å². The van der Waals surface area contributed by atoms with Crippen LogP contribution in [-0.2, 0) is 14.8 Å². The van der Waals surface area contributed by atoms with E-state index in [1.165, 1.54) is 23.4 Å². The van der Waals surface area contributed by atoms with Crippen LogP contribution in [0.25, 0.3) is 10.9 Å². The molecular weight excluding hydrogens is 421 g/mol. The number of carbonyl (C=O) groups is 1. The van der Waals surface area contributed by atoms with E-state index in [4.69, 9.17) is 4.74 Å². The summed E-state index contributed by atoms with van der Waals surface area (Å²) in [6, 6.07) is 12.6. The molecule has 0 unspecified atom stereocenters. The second-order valence-electron chi connectivity index (χ2n) is 7.32. The Balaban J connectivity index is 1.69. The van der Waals surface area contributed by atoms with Crippen LogP contribution in [0.3, 0.4) is 0 Å². The first kappa shape index (κ1) is 21.4. The van der Waals surface area contributed by atoms with E-state index in [9.17, 15) is 17.6 Å². The zero-order valence-electron chi connectivity index (χ0n) is 17.1. The van der Waals surface area contributed by atoms with Crippen molar-refractivity contribution in [3.8, 4) is 0 Å². The highest BCUT2D eigenvalue weighted by Gasteiger charge is 2.33. The first-order valence-electron chi connectivity index (χ1n) is 9.81. The number of aromatic nitrogens is 1. The van der Waals surface area contributed by atoms with Gasteiger partial charge in [0, 0.05) is 25.5 Å². The molecule has 4 rings (SSSR count). The lowest BCUT2D eigenvalue weighted by molar-refractivity contribution is -0.00479. The zero-order valence-corrected chi connectivity index (χ0v) is 17.9. The Hall–Kier alpha value is -2.88. The molecule has 1 aliphatic heterocycles. The van der Waals surface area contributed by atoms with Gasteiger partial charge in [-0.2, -0.15) is 4.31 Å². The number of pyridine rings is 1. The molecule has 1 N–H and O–H groups in total. The number of halogens is 1. The fourth-order valence-corrected chi connectivity index (χ4v) is 5.14. The van der Waals surface area contributed by atoms with Crippen molar-refractivity contribution in [1.29, 1.82) is 0 Å². The summed E-state index contributed by atoms with van der Waals surface area (Å²) in [7, 11) is -2.29. The number of hydrogen-bond donors (Lipinski definition) is 1. The standard InChI is InChI=1S/C22H22FN3O4S/c1-14-11-15(7-8-18(14)23)31(28,29)26-9-10-30-21(13-26)20-12-17(22(27)24-2)16-5-3-4-6-19(16)25-20/h3-8,11-12,21H,9-10,13H2,1-2H3,(H,24,27)/t21-/m1/s1. The van der Waals surface area contributed by atoms with Gasteiger partial charge in [0.05, 0.1) is 28.3 Å². The third kappa shape index (κ3) is 4.04. The first-order chi connectivity index (χ1) is 14.8. The average Bonchev–Trinajstić information content (AvgIpc) is 2.79. The Kier molecular flexibility index (Phi) is 5.74. The van der Waals surface area contributed by atoms with Crippen molar-refractivity contribution >= 4 is 26.8 Å². The second-order valence-corrected chi connectivity index (χ2v) is 9.26. The molecule has 31 heavy (non-hydrogen) atoms. The maximum atomic E-state index is 13.6. The van der Waals surface area contributed by atoms with Gasteiger partial charge in [0.25, 0.3) is 5.91 Å². The molecule has 1 atom stereocenters. The molecule has 162 valence electrons. The quantitative estimate of drug-likeness (QED) is 0.670. The van der Waals surface area contributed by atoms with Crippen molar-refractivity contribution in [3.63, 3.8) is 0 Å². The maximum absolute atomic E-state index is 13.6. The molecule has 0 aliphatic carbocycles. The number of nitrogens with zero attached hydrogens (tertiary/aromatic N) is 2. The topological polar surface area (TPSA) is 88.6 Å². The van der Waals surface area contributed by atoms with Gasteiger partial charge in [0.15, 0.2) is 0 Å². The van der Waals surface area contributed by atoms with Gasteiger partial charge in [-0.3, -0.25) is 4.79 Å². The molecule has 7 nitrogen and oxygen atoms in total. The number of fused-ring (bicyclic) bond motifs is 1. The molecule has 0 bridgehead atoms. The highest BCUT2D eigenvalue weighted by Crippen LogP contribution is 2.29. The minimum absolute atomic E-state index is 0.0320. The normalized spacial score (nSPS) is 17.6. The van der Waals surface area contributed by atoms with E-state index in [1.54, 1.807) is 19.2 Å². The summed E-state index contributed by atoms with van der Waals surface area (Å²) in [6.07, 6.45) is -0.641. The molecular formula is C22H22FN3O4S. The predicted molar refractivity (Wildman–Crippen MR) is 114 cm³/mol. The summed E-state index contributed by atoms with van der Waals surface area (Å²) in [5.41, 5.74) is 1.81. The van der Waals surface area contributed by atoms with E-state index in [2.05, 4.69) is 10.3 Å². The lowest BCUT2D eigenvalue weighted by Gasteiger charge is -2.32. The van der Waals surface area contributed by atoms with Crippen LogP contribution < -0.4 is 5.32 Å². The summed E-state index contributed by atoms with van der Waals surface area (Å²) in [5, 5.41) is 3.32. The summed E-state index contributed by atoms with van der Waals surface area (Å²) in [5.74, 6) is -0.720. The number of morpholine rings is 1. The lowest BCUT2D eigenvalue weighted by atomic mass is 10.0. The summed E-state index contributed by atoms with van der Waals surface area (Å²) >= 11 is 0. The van der Waals surface area contributed by atoms with E-state index in [-0.39, 0.29) is 36.1 Å². The minimum atomic E-state index is -3.84. The Morgan fingerprint density at radius 2 is 2.00 bits per heavy atom. The molecule has 9 heteroatoms. The van der Waals surface area contributed by atoms with Crippen LogP contribution in [0, 0.1) is 12.7 Å². The van der Waals surface area contributed by atoms with Gasteiger partial charge in [-0.1, -0.05) is 18.2 Å². The van der Waals surface area contributed by atoms with Crippen LogP contribution in [-0.4, -0.2) is 50.4 Å². The molecule has 1 aliphatic rings. The SMILES string of the molecule is CNC(=O)c1cc([C@H]2CN(S(=O)(=O)c3ccc(F)c(C)c3)CCO2)nc2ccccc12. The van der Waals surface area contributed by atoms with Gasteiger partial charge in [-0.25, -0.2) is 17.8 Å². The fourth-order valence-electron chi connectivity index (χ4n) is 3.63. The van der Waals surface area contributed by atoms with Gasteiger partial charge >= 0.3 is 0 Å². The fraction of sp³-hybridized carbons (Fsp3) is 0.273. The number of para-hydroxylation sites is 1. The van der Waals surface area contributed by atoms with Crippen LogP contribution in [0.4, 0.5) is 4.39 Å². The minimum Gasteiger partial charge on any atom is -0.369 e. The first-order valence-corrected chi connectivity index (χ1v) is 11.2. The Morgan fingerprint density at radius 3 is 2.74 bits per heavy atom. The molecule has 3 aromatic rings. The van der Waals surface area contributed by atoms with E-state index in [0.29, 0.717) is 22.2 Å². The van der Waals surface area contributed by atoms with E-state index in [1.807, 2.05) is 18.2 Å². The number of nitrogens with one attached hydrogen (secondary N) is 1. The largest absolute Gasteiger partial charge is 0.369 e. The van der Waals surface area contributed by atoms with Gasteiger partial charge < -0.3 is 10.1 Å². The summed E-state index contributed by atoms with van der Waals surface area (Å²) in [6.45, 7) is 1.91. The molecule has 1 fully saturated rings. The van der Waals surface area contributed by atoms with Gasteiger partial charge in [-0.15, -0.1) is 0 Å². The summed E-state index contributed by atoms with van der Waals surface area (Å²) in [4.78, 5) is 17.1. The number of rotatable bonds is 4. The smallest absolute Gasteiger partial charge is 0.251 e. The lowest BCUT2D eigenvalue weighted by Crippen LogP contribution is -2.42. The Labute approximate surface area is 179 Å². The predicted octanol–water partition coefficient (Wildman–Crippen LogP) is 2.80. The second kappa shape index (κ2) is 8.33. The Morgan fingerprint density at radius 1 is 1.23 bits per heavy atom. The monoisotopic (exact) mass is 443 g/mol. The van der Waals surface area contributed by atoms with E-state index < -0.39 is 21.9 Å². The number of ether oxygens (including phenoxy) is 1. The van der Waals surface area contributed by atoms with Crippen molar-refractivity contribution < 1.29 is 22.3 Å². The number of benzene rings is 2. The maximum Gasteiger partial charge on any atom is 0.251 e. The third-order valence-electron chi connectivity index (χ3n) is 5.33. The number of sulfonamides is 1. The van der Waals surface area contributed by atoms with Crippen LogP contribution >= 0.6 is 0 Å². The van der Waals surface area contributed by atoms with E-state index >= 15 is 0 Å². The molecule has 0 saturated carbocycles. The molecule has 1 amide bonds. The van der Waals surface area contributed by atoms with Crippen molar-refractivity contribution in [1.82, 2.24) is 14.6 Å². The molecule has 1 saturated heterocycles. The van der Waals surface area contributed by atoms with Crippen molar-refractivity contribution in [2.75, 3.05) is 26.7 Å². The van der Waals surface area contributed by atoms with Gasteiger partial charge in [0.1, 0.15) is 11.9 Å². The third-order valence-corrected chi connectivity index (χ3v) is 7.20. The van der Waals surface area contributed by atoms with Crippen molar-refractivity contribution in [3.05, 3.63) is 71.2 Å². The van der Waals surface area contributed by atoms with Crippen molar-refractivity contribution in [2.45, 2.75) is 17.9 Å². The highest BCUT2D eigenvalue weighted by molar-refractivity contribution is 7.89. The number of amides is 1. The number of aryl methyl sites for hydroxylation is 1. The molecule has 2 aromatic carbocycles. The van der Waals surface area contributed by atoms with Crippen LogP contribution in [0.1, 0.15) is 27.7 Å². The molecule has 0 spiro atoms. The highest BCUT2D eigenvalue weighted by atomic mass is 32.2. The van der Waals surface area contributed by atoms with Gasteiger partial charge in [0.2, 0.25) is 10.0 Å².